The summed E-state index contributed by atoms with van der Waals surface area (Å²) in [4.78, 5) is 7.03. The molecule has 3 nitrogen and oxygen atoms in total. The summed E-state index contributed by atoms with van der Waals surface area (Å²) in [6, 6.07) is 6.22. The quantitative estimate of drug-likeness (QED) is 0.872. The Bertz CT molecular complexity index is 505. The minimum atomic E-state index is 0.780. The maximum atomic E-state index is 5.84. The zero-order chi connectivity index (χ0) is 12.3. The first-order valence-corrected chi connectivity index (χ1v) is 6.54. The Labute approximate surface area is 106 Å². The molecule has 2 heterocycles. The van der Waals surface area contributed by atoms with Gasteiger partial charge in [-0.05, 0) is 31.0 Å². The first-order valence-electron chi connectivity index (χ1n) is 5.72. The number of aryl methyl sites for hydroxylation is 2. The third-order valence-corrected chi connectivity index (χ3v) is 3.88. The van der Waals surface area contributed by atoms with Crippen molar-refractivity contribution in [2.75, 3.05) is 11.1 Å². The molecule has 0 unspecified atom stereocenters. The number of nitrogens with two attached hydrogens (primary N) is 1. The molecule has 0 bridgehead atoms. The van der Waals surface area contributed by atoms with Gasteiger partial charge >= 0.3 is 0 Å². The van der Waals surface area contributed by atoms with Crippen LogP contribution in [0, 0.1) is 6.92 Å². The van der Waals surface area contributed by atoms with E-state index in [1.807, 2.05) is 24.3 Å². The molecular weight excluding hydrogens is 230 g/mol. The first-order chi connectivity index (χ1) is 8.19. The van der Waals surface area contributed by atoms with E-state index in [2.05, 4.69) is 29.4 Å². The second-order valence-electron chi connectivity index (χ2n) is 4.00. The normalized spacial score (nSPS) is 10.5. The summed E-state index contributed by atoms with van der Waals surface area (Å²) < 4.78 is 0. The van der Waals surface area contributed by atoms with Gasteiger partial charge in [0.1, 0.15) is 5.82 Å². The van der Waals surface area contributed by atoms with Crippen molar-refractivity contribution in [1.82, 2.24) is 4.98 Å². The zero-order valence-electron chi connectivity index (χ0n) is 10.2. The average molecular weight is 247 g/mol. The van der Waals surface area contributed by atoms with Gasteiger partial charge in [-0.2, -0.15) is 0 Å². The molecule has 0 spiro atoms. The number of nitrogen functional groups attached to an aromatic ring is 1. The van der Waals surface area contributed by atoms with Crippen LogP contribution >= 0.6 is 11.3 Å². The number of nitrogens with zero attached hydrogens (tertiary/aromatic N) is 1. The van der Waals surface area contributed by atoms with E-state index in [1.165, 1.54) is 9.75 Å². The molecule has 0 saturated carbocycles. The van der Waals surface area contributed by atoms with Gasteiger partial charge in [0.15, 0.2) is 0 Å². The minimum absolute atomic E-state index is 0.780. The Kier molecular flexibility index (Phi) is 3.64. The highest BCUT2D eigenvalue weighted by Gasteiger charge is 2.01. The standard InChI is InChI=1S/C13H17N3S/c1-3-10-4-5-11(17-10)8-16-13-6-12(14)9(2)7-15-13/h4-7H,3,8H2,1-2H3,(H3,14,15,16). The Morgan fingerprint density at radius 3 is 2.76 bits per heavy atom. The number of hydrogen-bond donors (Lipinski definition) is 2. The van der Waals surface area contributed by atoms with Gasteiger partial charge in [-0.25, -0.2) is 4.98 Å². The van der Waals surface area contributed by atoms with Crippen molar-refractivity contribution in [1.29, 1.82) is 0 Å². The molecule has 2 aromatic heterocycles. The highest BCUT2D eigenvalue weighted by molar-refractivity contribution is 7.12. The highest BCUT2D eigenvalue weighted by Crippen LogP contribution is 2.19. The molecule has 0 aromatic carbocycles. The van der Waals surface area contributed by atoms with E-state index in [4.69, 9.17) is 5.73 Å². The van der Waals surface area contributed by atoms with Crippen LogP contribution in [0.4, 0.5) is 11.5 Å². The fourth-order valence-electron chi connectivity index (χ4n) is 1.52. The summed E-state index contributed by atoms with van der Waals surface area (Å²) in [5.41, 5.74) is 7.63. The number of pyridine rings is 1. The number of anilines is 2. The Morgan fingerprint density at radius 2 is 2.12 bits per heavy atom. The highest BCUT2D eigenvalue weighted by atomic mass is 32.1. The molecule has 0 aliphatic carbocycles. The number of rotatable bonds is 4. The van der Waals surface area contributed by atoms with Crippen LogP contribution in [0.3, 0.4) is 0 Å². The maximum absolute atomic E-state index is 5.84. The third-order valence-electron chi connectivity index (χ3n) is 2.65. The van der Waals surface area contributed by atoms with Crippen LogP contribution in [0.5, 0.6) is 0 Å². The summed E-state index contributed by atoms with van der Waals surface area (Å²) in [6.45, 7) is 4.93. The lowest BCUT2D eigenvalue weighted by Crippen LogP contribution is -2.01. The van der Waals surface area contributed by atoms with Crippen LogP contribution in [0.1, 0.15) is 22.2 Å². The van der Waals surface area contributed by atoms with Gasteiger partial charge in [-0.15, -0.1) is 11.3 Å². The summed E-state index contributed by atoms with van der Waals surface area (Å²) in [5.74, 6) is 0.833. The van der Waals surface area contributed by atoms with E-state index in [0.717, 1.165) is 30.0 Å². The van der Waals surface area contributed by atoms with Crippen molar-refractivity contribution < 1.29 is 0 Å². The molecule has 4 heteroatoms. The van der Waals surface area contributed by atoms with E-state index in [0.29, 0.717) is 0 Å². The largest absolute Gasteiger partial charge is 0.398 e. The molecule has 17 heavy (non-hydrogen) atoms. The lowest BCUT2D eigenvalue weighted by atomic mass is 10.2. The average Bonchev–Trinajstić information content (AvgIpc) is 2.79. The Balaban J connectivity index is 1.99. The molecule has 90 valence electrons. The second-order valence-corrected chi connectivity index (χ2v) is 5.25. The topological polar surface area (TPSA) is 50.9 Å². The van der Waals surface area contributed by atoms with Crippen LogP contribution in [0.2, 0.25) is 0 Å². The van der Waals surface area contributed by atoms with E-state index < -0.39 is 0 Å². The molecular formula is C13H17N3S. The van der Waals surface area contributed by atoms with Crippen molar-refractivity contribution in [3.05, 3.63) is 39.7 Å². The molecule has 0 saturated heterocycles. The van der Waals surface area contributed by atoms with Gasteiger partial charge in [-0.1, -0.05) is 6.92 Å². The predicted octanol–water partition coefficient (Wildman–Crippen LogP) is 3.21. The summed E-state index contributed by atoms with van der Waals surface area (Å²) in [5, 5.41) is 3.29. The van der Waals surface area contributed by atoms with E-state index in [-0.39, 0.29) is 0 Å². The van der Waals surface area contributed by atoms with Gasteiger partial charge in [0, 0.05) is 27.7 Å². The van der Waals surface area contributed by atoms with Crippen LogP contribution in [0.15, 0.2) is 24.4 Å². The molecule has 2 rings (SSSR count). The van der Waals surface area contributed by atoms with Crippen LogP contribution < -0.4 is 11.1 Å². The van der Waals surface area contributed by atoms with Gasteiger partial charge in [-0.3, -0.25) is 0 Å². The molecule has 0 radical (unpaired) electrons. The van der Waals surface area contributed by atoms with Crippen molar-refractivity contribution in [2.24, 2.45) is 0 Å². The molecule has 0 amide bonds. The van der Waals surface area contributed by atoms with Crippen molar-refractivity contribution >= 4 is 22.8 Å². The lowest BCUT2D eigenvalue weighted by molar-refractivity contribution is 1.13. The van der Waals surface area contributed by atoms with E-state index >= 15 is 0 Å². The van der Waals surface area contributed by atoms with Crippen LogP contribution in [-0.4, -0.2) is 4.98 Å². The molecule has 0 fully saturated rings. The third kappa shape index (κ3) is 2.97. The predicted molar refractivity (Wildman–Crippen MR) is 74.4 cm³/mol. The maximum Gasteiger partial charge on any atom is 0.128 e. The Morgan fingerprint density at radius 1 is 1.35 bits per heavy atom. The SMILES string of the molecule is CCc1ccc(CNc2cc(N)c(C)cn2)s1. The van der Waals surface area contributed by atoms with Gasteiger partial charge in [0.25, 0.3) is 0 Å². The lowest BCUT2D eigenvalue weighted by Gasteiger charge is -2.06. The van der Waals surface area contributed by atoms with Crippen molar-refractivity contribution in [3.63, 3.8) is 0 Å². The second kappa shape index (κ2) is 5.19. The number of nitrogens with one attached hydrogen (secondary N) is 1. The van der Waals surface area contributed by atoms with E-state index in [1.54, 1.807) is 6.20 Å². The number of hydrogen-bond acceptors (Lipinski definition) is 4. The van der Waals surface area contributed by atoms with Crippen LogP contribution in [-0.2, 0) is 13.0 Å². The smallest absolute Gasteiger partial charge is 0.128 e. The molecule has 2 aromatic rings. The molecule has 0 aliphatic heterocycles. The summed E-state index contributed by atoms with van der Waals surface area (Å²) in [6.07, 6.45) is 2.89. The molecule has 0 aliphatic rings. The summed E-state index contributed by atoms with van der Waals surface area (Å²) >= 11 is 1.84. The van der Waals surface area contributed by atoms with Gasteiger partial charge in [0.2, 0.25) is 0 Å². The summed E-state index contributed by atoms with van der Waals surface area (Å²) in [7, 11) is 0. The van der Waals surface area contributed by atoms with Crippen molar-refractivity contribution in [3.8, 4) is 0 Å². The van der Waals surface area contributed by atoms with Crippen molar-refractivity contribution in [2.45, 2.75) is 26.8 Å². The Hall–Kier alpha value is -1.55. The fourth-order valence-corrected chi connectivity index (χ4v) is 2.42. The van der Waals surface area contributed by atoms with Gasteiger partial charge in [0.05, 0.1) is 6.54 Å². The molecule has 3 N–H and O–H groups in total. The first kappa shape index (κ1) is 11.9. The fraction of sp³-hybridized carbons (Fsp3) is 0.308. The number of aromatic nitrogens is 1. The molecule has 0 atom stereocenters. The number of thiophene rings is 1. The van der Waals surface area contributed by atoms with Gasteiger partial charge < -0.3 is 11.1 Å². The van der Waals surface area contributed by atoms with E-state index in [9.17, 15) is 0 Å². The zero-order valence-corrected chi connectivity index (χ0v) is 11.0. The minimum Gasteiger partial charge on any atom is -0.398 e. The van der Waals surface area contributed by atoms with Crippen LogP contribution in [0.25, 0.3) is 0 Å². The monoisotopic (exact) mass is 247 g/mol.